The van der Waals surface area contributed by atoms with Crippen LogP contribution in [0.5, 0.6) is 0 Å². The van der Waals surface area contributed by atoms with Crippen LogP contribution in [0.3, 0.4) is 0 Å². The highest BCUT2D eigenvalue weighted by Gasteiger charge is 2.36. The number of esters is 1. The number of benzene rings is 1. The predicted molar refractivity (Wildman–Crippen MR) is 64.6 cm³/mol. The zero-order valence-electron chi connectivity index (χ0n) is 9.78. The molecule has 2 rings (SSSR count). The summed E-state index contributed by atoms with van der Waals surface area (Å²) in [6.07, 6.45) is 0. The van der Waals surface area contributed by atoms with E-state index in [0.29, 0.717) is 16.3 Å². The molecule has 0 aromatic heterocycles. The zero-order chi connectivity index (χ0) is 12.7. The molecule has 0 N–H and O–H groups in total. The van der Waals surface area contributed by atoms with Gasteiger partial charge in [0.05, 0.1) is 23.6 Å². The monoisotopic (exact) mass is 253 g/mol. The Morgan fingerprint density at radius 3 is 2.71 bits per heavy atom. The molecule has 1 atom stereocenters. The average Bonchev–Trinajstić information content (AvgIpc) is 2.54. The molecule has 1 aromatic carbocycles. The third-order valence-electron chi connectivity index (χ3n) is 3.06. The maximum absolute atomic E-state index is 11.9. The van der Waals surface area contributed by atoms with Crippen molar-refractivity contribution < 1.29 is 14.3 Å². The average molecular weight is 254 g/mol. The topological polar surface area (TPSA) is 46.6 Å². The van der Waals surface area contributed by atoms with Gasteiger partial charge in [-0.1, -0.05) is 11.6 Å². The van der Waals surface area contributed by atoms with Crippen LogP contribution < -0.4 is 4.90 Å². The van der Waals surface area contributed by atoms with E-state index in [0.717, 1.165) is 0 Å². The molecular formula is C12H12ClNO3. The fourth-order valence-electron chi connectivity index (χ4n) is 2.15. The number of ether oxygens (including phenoxy) is 1. The SMILES string of the molecule is COC(=O)c1c(Cl)ccc2c1C(C)C(=O)N2C. The molecule has 1 aliphatic rings. The van der Waals surface area contributed by atoms with Crippen LogP contribution in [0.4, 0.5) is 5.69 Å². The van der Waals surface area contributed by atoms with Crippen LogP contribution in [-0.2, 0) is 9.53 Å². The Kier molecular flexibility index (Phi) is 2.83. The second kappa shape index (κ2) is 4.04. The molecular weight excluding hydrogens is 242 g/mol. The number of amides is 1. The smallest absolute Gasteiger partial charge is 0.339 e. The van der Waals surface area contributed by atoms with Crippen molar-refractivity contribution in [1.29, 1.82) is 0 Å². The summed E-state index contributed by atoms with van der Waals surface area (Å²) in [6.45, 7) is 1.76. The summed E-state index contributed by atoms with van der Waals surface area (Å²) in [5, 5.41) is 0.311. The first kappa shape index (κ1) is 11.9. The van der Waals surface area contributed by atoms with Gasteiger partial charge in [0, 0.05) is 18.3 Å². The number of anilines is 1. The summed E-state index contributed by atoms with van der Waals surface area (Å²) in [7, 11) is 2.98. The van der Waals surface area contributed by atoms with Gasteiger partial charge in [0.25, 0.3) is 0 Å². The van der Waals surface area contributed by atoms with E-state index in [1.807, 2.05) is 0 Å². The molecule has 0 saturated carbocycles. The van der Waals surface area contributed by atoms with E-state index in [4.69, 9.17) is 16.3 Å². The third kappa shape index (κ3) is 1.60. The van der Waals surface area contributed by atoms with E-state index >= 15 is 0 Å². The maximum atomic E-state index is 11.9. The van der Waals surface area contributed by atoms with Crippen molar-refractivity contribution in [1.82, 2.24) is 0 Å². The standard InChI is InChI=1S/C12H12ClNO3/c1-6-9-8(14(2)11(6)15)5-4-7(13)10(9)12(16)17-3/h4-6H,1-3H3. The van der Waals surface area contributed by atoms with Crippen LogP contribution in [0.1, 0.15) is 28.8 Å². The molecule has 0 aliphatic carbocycles. The van der Waals surface area contributed by atoms with Crippen molar-refractivity contribution in [2.75, 3.05) is 19.1 Å². The van der Waals surface area contributed by atoms with E-state index in [9.17, 15) is 9.59 Å². The van der Waals surface area contributed by atoms with Gasteiger partial charge in [-0.3, -0.25) is 4.79 Å². The van der Waals surface area contributed by atoms with Crippen LogP contribution in [-0.4, -0.2) is 26.0 Å². The van der Waals surface area contributed by atoms with Gasteiger partial charge < -0.3 is 9.64 Å². The van der Waals surface area contributed by atoms with Crippen molar-refractivity contribution in [2.24, 2.45) is 0 Å². The van der Waals surface area contributed by atoms with Crippen LogP contribution in [0, 0.1) is 0 Å². The number of hydrogen-bond acceptors (Lipinski definition) is 3. The molecule has 0 radical (unpaired) electrons. The lowest BCUT2D eigenvalue weighted by Crippen LogP contribution is -2.22. The van der Waals surface area contributed by atoms with Gasteiger partial charge in [-0.15, -0.1) is 0 Å². The van der Waals surface area contributed by atoms with E-state index in [2.05, 4.69) is 0 Å². The van der Waals surface area contributed by atoms with Crippen molar-refractivity contribution >= 4 is 29.2 Å². The molecule has 90 valence electrons. The Bertz CT molecular complexity index is 513. The van der Waals surface area contributed by atoms with Crippen molar-refractivity contribution in [2.45, 2.75) is 12.8 Å². The predicted octanol–water partition coefficient (Wildman–Crippen LogP) is 2.21. The Hall–Kier alpha value is -1.55. The second-order valence-electron chi connectivity index (χ2n) is 3.97. The molecule has 4 nitrogen and oxygen atoms in total. The lowest BCUT2D eigenvalue weighted by molar-refractivity contribution is -0.118. The number of fused-ring (bicyclic) bond motifs is 1. The first-order valence-corrected chi connectivity index (χ1v) is 5.55. The molecule has 0 bridgehead atoms. The number of likely N-dealkylation sites (N-methyl/N-ethyl adjacent to an activating group) is 1. The van der Waals surface area contributed by atoms with E-state index in [-0.39, 0.29) is 17.4 Å². The van der Waals surface area contributed by atoms with E-state index in [1.54, 1.807) is 26.1 Å². The molecule has 1 unspecified atom stereocenters. The Morgan fingerprint density at radius 2 is 2.12 bits per heavy atom. The molecule has 1 heterocycles. The molecule has 0 fully saturated rings. The van der Waals surface area contributed by atoms with Gasteiger partial charge in [0.1, 0.15) is 0 Å². The molecule has 0 spiro atoms. The summed E-state index contributed by atoms with van der Waals surface area (Å²) < 4.78 is 4.71. The summed E-state index contributed by atoms with van der Waals surface area (Å²) in [5.41, 5.74) is 1.65. The normalized spacial score (nSPS) is 18.2. The van der Waals surface area contributed by atoms with Gasteiger partial charge in [-0.2, -0.15) is 0 Å². The quantitative estimate of drug-likeness (QED) is 0.721. The van der Waals surface area contributed by atoms with Gasteiger partial charge in [-0.05, 0) is 19.1 Å². The first-order valence-electron chi connectivity index (χ1n) is 5.17. The van der Waals surface area contributed by atoms with Crippen LogP contribution in [0.15, 0.2) is 12.1 Å². The minimum absolute atomic E-state index is 0.0487. The maximum Gasteiger partial charge on any atom is 0.339 e. The fraction of sp³-hybridized carbons (Fsp3) is 0.333. The molecule has 5 heteroatoms. The van der Waals surface area contributed by atoms with Crippen molar-refractivity contribution in [3.63, 3.8) is 0 Å². The summed E-state index contributed by atoms with van der Waals surface area (Å²) in [6, 6.07) is 3.35. The highest BCUT2D eigenvalue weighted by Crippen LogP contribution is 2.41. The largest absolute Gasteiger partial charge is 0.465 e. The van der Waals surface area contributed by atoms with Gasteiger partial charge >= 0.3 is 5.97 Å². The number of carbonyl (C=O) groups excluding carboxylic acids is 2. The highest BCUT2D eigenvalue weighted by molar-refractivity contribution is 6.34. The van der Waals surface area contributed by atoms with E-state index < -0.39 is 5.97 Å². The first-order chi connectivity index (χ1) is 7.99. The van der Waals surface area contributed by atoms with Crippen LogP contribution in [0.25, 0.3) is 0 Å². The molecule has 0 saturated heterocycles. The van der Waals surface area contributed by atoms with Gasteiger partial charge in [-0.25, -0.2) is 4.79 Å². The lowest BCUT2D eigenvalue weighted by atomic mass is 9.97. The number of methoxy groups -OCH3 is 1. The van der Waals surface area contributed by atoms with Gasteiger partial charge in [0.2, 0.25) is 5.91 Å². The van der Waals surface area contributed by atoms with Crippen LogP contribution >= 0.6 is 11.6 Å². The van der Waals surface area contributed by atoms with Crippen molar-refractivity contribution in [3.8, 4) is 0 Å². The molecule has 1 amide bonds. The van der Waals surface area contributed by atoms with E-state index in [1.165, 1.54) is 12.0 Å². The highest BCUT2D eigenvalue weighted by atomic mass is 35.5. The Balaban J connectivity index is 2.71. The lowest BCUT2D eigenvalue weighted by Gasteiger charge is -2.12. The number of nitrogens with zero attached hydrogens (tertiary/aromatic N) is 1. The number of carbonyl (C=O) groups is 2. The fourth-order valence-corrected chi connectivity index (χ4v) is 2.40. The summed E-state index contributed by atoms with van der Waals surface area (Å²) >= 11 is 6.01. The van der Waals surface area contributed by atoms with Crippen LogP contribution in [0.2, 0.25) is 5.02 Å². The number of hydrogen-bond donors (Lipinski definition) is 0. The third-order valence-corrected chi connectivity index (χ3v) is 3.37. The number of halogens is 1. The minimum Gasteiger partial charge on any atom is -0.465 e. The van der Waals surface area contributed by atoms with Crippen molar-refractivity contribution in [3.05, 3.63) is 28.3 Å². The zero-order valence-corrected chi connectivity index (χ0v) is 10.5. The Morgan fingerprint density at radius 1 is 1.47 bits per heavy atom. The molecule has 1 aliphatic heterocycles. The molecule has 1 aromatic rings. The minimum atomic E-state index is -0.512. The molecule has 17 heavy (non-hydrogen) atoms. The summed E-state index contributed by atoms with van der Waals surface area (Å²) in [4.78, 5) is 25.1. The Labute approximate surface area is 104 Å². The summed E-state index contributed by atoms with van der Waals surface area (Å²) in [5.74, 6) is -0.933. The second-order valence-corrected chi connectivity index (χ2v) is 4.37. The number of rotatable bonds is 1. The van der Waals surface area contributed by atoms with Gasteiger partial charge in [0.15, 0.2) is 0 Å².